The van der Waals surface area contributed by atoms with Crippen LogP contribution in [-0.2, 0) is 9.59 Å². The first-order valence-corrected chi connectivity index (χ1v) is 8.73. The maximum absolute atomic E-state index is 12.3. The zero-order valence-corrected chi connectivity index (χ0v) is 14.5. The molecule has 6 heteroatoms. The quantitative estimate of drug-likeness (QED) is 0.898. The predicted molar refractivity (Wildman–Crippen MR) is 92.8 cm³/mol. The predicted octanol–water partition coefficient (Wildman–Crippen LogP) is 2.38. The molecule has 23 heavy (non-hydrogen) atoms. The molecule has 0 saturated carbocycles. The highest BCUT2D eigenvalue weighted by Gasteiger charge is 2.31. The van der Waals surface area contributed by atoms with Crippen molar-refractivity contribution >= 4 is 34.4 Å². The first-order chi connectivity index (χ1) is 10.9. The van der Waals surface area contributed by atoms with E-state index in [0.717, 1.165) is 11.3 Å². The number of rotatable bonds is 5. The Morgan fingerprint density at radius 1 is 1.39 bits per heavy atom. The van der Waals surface area contributed by atoms with E-state index in [2.05, 4.69) is 5.32 Å². The fraction of sp³-hybridized carbons (Fsp3) is 0.471. The van der Waals surface area contributed by atoms with E-state index < -0.39 is 0 Å². The van der Waals surface area contributed by atoms with Crippen LogP contribution >= 0.6 is 11.8 Å². The number of amides is 2. The molecule has 1 heterocycles. The van der Waals surface area contributed by atoms with Gasteiger partial charge in [0.25, 0.3) is 5.91 Å². The van der Waals surface area contributed by atoms with E-state index >= 15 is 0 Å². The van der Waals surface area contributed by atoms with Crippen molar-refractivity contribution < 1.29 is 14.4 Å². The molecule has 0 aromatic heterocycles. The lowest BCUT2D eigenvalue weighted by Crippen LogP contribution is -2.27. The van der Waals surface area contributed by atoms with E-state index in [1.165, 1.54) is 11.8 Å². The fourth-order valence-electron chi connectivity index (χ4n) is 2.67. The molecule has 1 aromatic rings. The van der Waals surface area contributed by atoms with Gasteiger partial charge in [-0.1, -0.05) is 17.8 Å². The average Bonchev–Trinajstić information content (AvgIpc) is 2.87. The lowest BCUT2D eigenvalue weighted by atomic mass is 10.1. The largest absolute Gasteiger partial charge is 0.352 e. The normalized spacial score (nSPS) is 17.4. The van der Waals surface area contributed by atoms with E-state index in [1.807, 2.05) is 19.9 Å². The SMILES string of the molecule is CCNC(=O)c1ccc(C)c(N2CC(CSC(C)=O)CC2=O)c1. The second-order valence-electron chi connectivity index (χ2n) is 5.74. The van der Waals surface area contributed by atoms with Crippen LogP contribution in [0.3, 0.4) is 0 Å². The van der Waals surface area contributed by atoms with Crippen LogP contribution in [0.25, 0.3) is 0 Å². The van der Waals surface area contributed by atoms with Crippen LogP contribution in [0.4, 0.5) is 5.69 Å². The van der Waals surface area contributed by atoms with Gasteiger partial charge in [0, 0.05) is 43.4 Å². The highest BCUT2D eigenvalue weighted by molar-refractivity contribution is 8.13. The van der Waals surface area contributed by atoms with Gasteiger partial charge in [-0.05, 0) is 37.5 Å². The molecule has 1 aromatic carbocycles. The Labute approximate surface area is 140 Å². The molecular weight excluding hydrogens is 312 g/mol. The maximum Gasteiger partial charge on any atom is 0.251 e. The van der Waals surface area contributed by atoms with Crippen molar-refractivity contribution in [2.45, 2.75) is 27.2 Å². The van der Waals surface area contributed by atoms with Crippen molar-refractivity contribution in [2.24, 2.45) is 5.92 Å². The Balaban J connectivity index is 2.17. The molecule has 1 aliphatic heterocycles. The third-order valence-corrected chi connectivity index (χ3v) is 4.87. The second-order valence-corrected chi connectivity index (χ2v) is 6.93. The van der Waals surface area contributed by atoms with Crippen LogP contribution in [0.2, 0.25) is 0 Å². The number of nitrogens with zero attached hydrogens (tertiary/aromatic N) is 1. The summed E-state index contributed by atoms with van der Waals surface area (Å²) in [6.45, 7) is 6.50. The van der Waals surface area contributed by atoms with E-state index in [9.17, 15) is 14.4 Å². The third kappa shape index (κ3) is 4.34. The monoisotopic (exact) mass is 334 g/mol. The zero-order valence-electron chi connectivity index (χ0n) is 13.7. The van der Waals surface area contributed by atoms with Gasteiger partial charge in [0.05, 0.1) is 0 Å². The van der Waals surface area contributed by atoms with Crippen LogP contribution in [0.5, 0.6) is 0 Å². The summed E-state index contributed by atoms with van der Waals surface area (Å²) in [7, 11) is 0. The minimum atomic E-state index is -0.135. The van der Waals surface area contributed by atoms with Crippen molar-refractivity contribution in [3.05, 3.63) is 29.3 Å². The van der Waals surface area contributed by atoms with E-state index in [-0.39, 0.29) is 22.8 Å². The Morgan fingerprint density at radius 3 is 2.78 bits per heavy atom. The Kier molecular flexibility index (Phi) is 5.82. The van der Waals surface area contributed by atoms with Gasteiger partial charge in [0.15, 0.2) is 5.12 Å². The van der Waals surface area contributed by atoms with Crippen LogP contribution in [0, 0.1) is 12.8 Å². The molecule has 1 aliphatic rings. The molecule has 0 bridgehead atoms. The molecule has 124 valence electrons. The van der Waals surface area contributed by atoms with Gasteiger partial charge < -0.3 is 10.2 Å². The van der Waals surface area contributed by atoms with Crippen molar-refractivity contribution in [3.63, 3.8) is 0 Å². The molecule has 1 fully saturated rings. The van der Waals surface area contributed by atoms with Gasteiger partial charge in [-0.3, -0.25) is 14.4 Å². The Bertz CT molecular complexity index is 630. The molecule has 0 radical (unpaired) electrons. The lowest BCUT2D eigenvalue weighted by Gasteiger charge is -2.20. The van der Waals surface area contributed by atoms with E-state index in [1.54, 1.807) is 24.0 Å². The number of nitrogens with one attached hydrogen (secondary N) is 1. The van der Waals surface area contributed by atoms with Crippen molar-refractivity contribution in [1.29, 1.82) is 0 Å². The summed E-state index contributed by atoms with van der Waals surface area (Å²) < 4.78 is 0. The molecule has 2 amide bonds. The summed E-state index contributed by atoms with van der Waals surface area (Å²) in [5, 5.41) is 2.84. The zero-order chi connectivity index (χ0) is 17.0. The number of thioether (sulfide) groups is 1. The van der Waals surface area contributed by atoms with Gasteiger partial charge in [0.1, 0.15) is 0 Å². The number of hydrogen-bond acceptors (Lipinski definition) is 4. The molecule has 0 aliphatic carbocycles. The summed E-state index contributed by atoms with van der Waals surface area (Å²) in [4.78, 5) is 37.1. The first-order valence-electron chi connectivity index (χ1n) is 7.75. The van der Waals surface area contributed by atoms with Crippen LogP contribution in [0.15, 0.2) is 18.2 Å². The Hall–Kier alpha value is -1.82. The average molecular weight is 334 g/mol. The van der Waals surface area contributed by atoms with Gasteiger partial charge in [-0.2, -0.15) is 0 Å². The molecule has 2 rings (SSSR count). The van der Waals surface area contributed by atoms with Crippen LogP contribution in [0.1, 0.15) is 36.2 Å². The Morgan fingerprint density at radius 2 is 2.13 bits per heavy atom. The fourth-order valence-corrected chi connectivity index (χ4v) is 3.36. The summed E-state index contributed by atoms with van der Waals surface area (Å²) in [5.41, 5.74) is 2.31. The van der Waals surface area contributed by atoms with Crippen molar-refractivity contribution in [2.75, 3.05) is 23.7 Å². The number of hydrogen-bond donors (Lipinski definition) is 1. The topological polar surface area (TPSA) is 66.5 Å². The molecule has 1 atom stereocenters. The molecule has 5 nitrogen and oxygen atoms in total. The number of aryl methyl sites for hydroxylation is 1. The van der Waals surface area contributed by atoms with Crippen LogP contribution in [-0.4, -0.2) is 35.8 Å². The minimum Gasteiger partial charge on any atom is -0.352 e. The number of carbonyl (C=O) groups is 3. The summed E-state index contributed by atoms with van der Waals surface area (Å²) >= 11 is 1.26. The molecule has 1 saturated heterocycles. The summed E-state index contributed by atoms with van der Waals surface area (Å²) in [6.07, 6.45) is 0.450. The van der Waals surface area contributed by atoms with E-state index in [4.69, 9.17) is 0 Å². The standard InChI is InChI=1S/C17H22N2O3S/c1-4-18-17(22)14-6-5-11(2)15(8-14)19-9-13(7-16(19)21)10-23-12(3)20/h5-6,8,13H,4,7,9-10H2,1-3H3,(H,18,22). The number of anilines is 1. The van der Waals surface area contributed by atoms with Gasteiger partial charge >= 0.3 is 0 Å². The van der Waals surface area contributed by atoms with E-state index in [0.29, 0.717) is 30.8 Å². The van der Waals surface area contributed by atoms with Gasteiger partial charge in [0.2, 0.25) is 5.91 Å². The first kappa shape index (κ1) is 17.5. The van der Waals surface area contributed by atoms with Crippen molar-refractivity contribution in [3.8, 4) is 0 Å². The molecule has 1 N–H and O–H groups in total. The van der Waals surface area contributed by atoms with Gasteiger partial charge in [-0.25, -0.2) is 0 Å². The second kappa shape index (κ2) is 7.64. The highest BCUT2D eigenvalue weighted by Crippen LogP contribution is 2.30. The molecule has 1 unspecified atom stereocenters. The maximum atomic E-state index is 12.3. The number of carbonyl (C=O) groups excluding carboxylic acids is 3. The van der Waals surface area contributed by atoms with Crippen LogP contribution < -0.4 is 10.2 Å². The van der Waals surface area contributed by atoms with Crippen molar-refractivity contribution in [1.82, 2.24) is 5.32 Å². The lowest BCUT2D eigenvalue weighted by molar-refractivity contribution is -0.117. The molecular formula is C17H22N2O3S. The van der Waals surface area contributed by atoms with Gasteiger partial charge in [-0.15, -0.1) is 0 Å². The summed E-state index contributed by atoms with van der Waals surface area (Å²) in [5.74, 6) is 0.746. The third-order valence-electron chi connectivity index (χ3n) is 3.83. The number of benzene rings is 1. The minimum absolute atomic E-state index is 0.0512. The summed E-state index contributed by atoms with van der Waals surface area (Å²) in [6, 6.07) is 5.41. The smallest absolute Gasteiger partial charge is 0.251 e. The molecule has 0 spiro atoms. The highest BCUT2D eigenvalue weighted by atomic mass is 32.2.